The van der Waals surface area contributed by atoms with Crippen molar-refractivity contribution in [3.63, 3.8) is 0 Å². The first-order valence-electron chi connectivity index (χ1n) is 9.63. The normalized spacial score (nSPS) is 12.2. The third-order valence-electron chi connectivity index (χ3n) is 4.27. The second-order valence-electron chi connectivity index (χ2n) is 6.90. The van der Waals surface area contributed by atoms with Crippen molar-refractivity contribution >= 4 is 21.6 Å². The van der Waals surface area contributed by atoms with Gasteiger partial charge in [0.25, 0.3) is 5.91 Å². The first kappa shape index (κ1) is 22.5. The molecular weight excluding hydrogens is 416 g/mol. The lowest BCUT2D eigenvalue weighted by atomic mass is 10.2. The molecule has 2 N–H and O–H groups in total. The Morgan fingerprint density at radius 1 is 0.935 bits per heavy atom. The van der Waals surface area contributed by atoms with Crippen LogP contribution in [0.5, 0.6) is 11.5 Å². The first-order chi connectivity index (χ1) is 14.9. The average Bonchev–Trinajstić information content (AvgIpc) is 2.75. The summed E-state index contributed by atoms with van der Waals surface area (Å²) in [6, 6.07) is 21.7. The number of anilines is 1. The summed E-state index contributed by atoms with van der Waals surface area (Å²) in [5.41, 5.74) is 0.892. The molecule has 0 saturated heterocycles. The number of hydrogen-bond acceptors (Lipinski definition) is 5. The number of methoxy groups -OCH3 is 1. The predicted octanol–water partition coefficient (Wildman–Crippen LogP) is 4.04. The lowest BCUT2D eigenvalue weighted by molar-refractivity contribution is 0.102. The Balaban J connectivity index is 1.66. The minimum atomic E-state index is -3.67. The van der Waals surface area contributed by atoms with Crippen molar-refractivity contribution in [2.24, 2.45) is 0 Å². The van der Waals surface area contributed by atoms with Gasteiger partial charge in [-0.05, 0) is 61.5 Å². The number of para-hydroxylation sites is 1. The van der Waals surface area contributed by atoms with Crippen molar-refractivity contribution in [2.75, 3.05) is 19.0 Å². The molecule has 1 atom stereocenters. The lowest BCUT2D eigenvalue weighted by Crippen LogP contribution is -2.35. The molecule has 3 rings (SSSR count). The number of benzene rings is 3. The second-order valence-corrected chi connectivity index (χ2v) is 8.61. The van der Waals surface area contributed by atoms with Gasteiger partial charge in [-0.1, -0.05) is 24.3 Å². The Labute approximate surface area is 182 Å². The summed E-state index contributed by atoms with van der Waals surface area (Å²) in [4.78, 5) is 12.7. The standard InChI is InChI=1S/C23H24N2O5S/c1-17(16-29-2)25-31(27,28)22-13-11-19(12-14-22)24-23(26)18-7-6-10-21(15-18)30-20-8-4-3-5-9-20/h3-15,17,25H,16H2,1-2H3,(H,24,26)/t17-/m0/s1. The van der Waals surface area contributed by atoms with Crippen LogP contribution in [-0.4, -0.2) is 34.1 Å². The summed E-state index contributed by atoms with van der Waals surface area (Å²) in [6.45, 7) is 1.98. The fourth-order valence-electron chi connectivity index (χ4n) is 2.86. The van der Waals surface area contributed by atoms with E-state index in [4.69, 9.17) is 9.47 Å². The third kappa shape index (κ3) is 6.39. The molecule has 0 bridgehead atoms. The highest BCUT2D eigenvalue weighted by Gasteiger charge is 2.17. The van der Waals surface area contributed by atoms with E-state index in [2.05, 4.69) is 10.0 Å². The highest BCUT2D eigenvalue weighted by molar-refractivity contribution is 7.89. The van der Waals surface area contributed by atoms with Crippen LogP contribution in [0.25, 0.3) is 0 Å². The largest absolute Gasteiger partial charge is 0.457 e. The van der Waals surface area contributed by atoms with Gasteiger partial charge in [-0.15, -0.1) is 0 Å². The van der Waals surface area contributed by atoms with Crippen LogP contribution in [0.1, 0.15) is 17.3 Å². The van der Waals surface area contributed by atoms with Gasteiger partial charge in [0.05, 0.1) is 11.5 Å². The van der Waals surface area contributed by atoms with E-state index in [9.17, 15) is 13.2 Å². The summed E-state index contributed by atoms with van der Waals surface area (Å²) in [5.74, 6) is 0.878. The number of carbonyl (C=O) groups excluding carboxylic acids is 1. The maximum Gasteiger partial charge on any atom is 0.255 e. The van der Waals surface area contributed by atoms with Gasteiger partial charge < -0.3 is 14.8 Å². The van der Waals surface area contributed by atoms with E-state index in [1.165, 1.54) is 31.4 Å². The summed E-state index contributed by atoms with van der Waals surface area (Å²) in [6.07, 6.45) is 0. The second kappa shape index (κ2) is 10.2. The van der Waals surface area contributed by atoms with Crippen LogP contribution in [0.4, 0.5) is 5.69 Å². The summed E-state index contributed by atoms with van der Waals surface area (Å²) >= 11 is 0. The molecule has 0 aromatic heterocycles. The molecule has 31 heavy (non-hydrogen) atoms. The SMILES string of the molecule is COC[C@H](C)NS(=O)(=O)c1ccc(NC(=O)c2cccc(Oc3ccccc3)c2)cc1. The van der Waals surface area contributed by atoms with Crippen LogP contribution in [0.3, 0.4) is 0 Å². The molecule has 3 aromatic carbocycles. The van der Waals surface area contributed by atoms with Crippen LogP contribution in [0.2, 0.25) is 0 Å². The minimum absolute atomic E-state index is 0.103. The zero-order chi connectivity index (χ0) is 22.3. The number of carbonyl (C=O) groups is 1. The number of rotatable bonds is 9. The van der Waals surface area contributed by atoms with Crippen molar-refractivity contribution in [2.45, 2.75) is 17.9 Å². The van der Waals surface area contributed by atoms with E-state index in [1.807, 2.05) is 30.3 Å². The maximum absolute atomic E-state index is 12.6. The summed E-state index contributed by atoms with van der Waals surface area (Å²) in [7, 11) is -2.17. The number of hydrogen-bond donors (Lipinski definition) is 2. The number of nitrogens with one attached hydrogen (secondary N) is 2. The summed E-state index contributed by atoms with van der Waals surface area (Å²) < 4.78 is 38.0. The molecule has 0 aliphatic carbocycles. The fourth-order valence-corrected chi connectivity index (χ4v) is 4.09. The third-order valence-corrected chi connectivity index (χ3v) is 5.88. The van der Waals surface area contributed by atoms with E-state index < -0.39 is 10.0 Å². The highest BCUT2D eigenvalue weighted by atomic mass is 32.2. The van der Waals surface area contributed by atoms with Gasteiger partial charge in [0.1, 0.15) is 11.5 Å². The molecule has 7 nitrogen and oxygen atoms in total. The Morgan fingerprint density at radius 2 is 1.61 bits per heavy atom. The predicted molar refractivity (Wildman–Crippen MR) is 119 cm³/mol. The Kier molecular flexibility index (Phi) is 7.41. The molecule has 0 radical (unpaired) electrons. The van der Waals surface area contributed by atoms with E-state index in [-0.39, 0.29) is 23.5 Å². The van der Waals surface area contributed by atoms with Gasteiger partial charge in [0.15, 0.2) is 0 Å². The first-order valence-corrected chi connectivity index (χ1v) is 11.1. The molecule has 1 amide bonds. The van der Waals surface area contributed by atoms with E-state index in [1.54, 1.807) is 31.2 Å². The lowest BCUT2D eigenvalue weighted by Gasteiger charge is -2.13. The quantitative estimate of drug-likeness (QED) is 0.524. The summed E-state index contributed by atoms with van der Waals surface area (Å²) in [5, 5.41) is 2.76. The smallest absolute Gasteiger partial charge is 0.255 e. The van der Waals surface area contributed by atoms with Crippen molar-refractivity contribution < 1.29 is 22.7 Å². The maximum atomic E-state index is 12.6. The van der Waals surface area contributed by atoms with Gasteiger partial charge in [0.2, 0.25) is 10.0 Å². The molecule has 0 unspecified atom stereocenters. The Morgan fingerprint density at radius 3 is 2.29 bits per heavy atom. The zero-order valence-electron chi connectivity index (χ0n) is 17.2. The van der Waals surface area contributed by atoms with Crippen LogP contribution in [0.15, 0.2) is 83.8 Å². The number of sulfonamides is 1. The van der Waals surface area contributed by atoms with Gasteiger partial charge in [-0.3, -0.25) is 4.79 Å². The van der Waals surface area contributed by atoms with Crippen LogP contribution >= 0.6 is 0 Å². The van der Waals surface area contributed by atoms with Crippen molar-refractivity contribution in [1.82, 2.24) is 4.72 Å². The molecule has 8 heteroatoms. The van der Waals surface area contributed by atoms with Gasteiger partial charge >= 0.3 is 0 Å². The number of amides is 1. The van der Waals surface area contributed by atoms with Crippen molar-refractivity contribution in [3.05, 3.63) is 84.4 Å². The van der Waals surface area contributed by atoms with Gasteiger partial charge in [-0.25, -0.2) is 13.1 Å². The average molecular weight is 441 g/mol. The van der Waals surface area contributed by atoms with Crippen LogP contribution in [-0.2, 0) is 14.8 Å². The molecule has 0 aliphatic heterocycles. The Bertz CT molecular complexity index is 1120. The van der Waals surface area contributed by atoms with Crippen LogP contribution in [0, 0.1) is 0 Å². The van der Waals surface area contributed by atoms with E-state index >= 15 is 0 Å². The molecular formula is C23H24N2O5S. The van der Waals surface area contributed by atoms with Crippen molar-refractivity contribution in [3.8, 4) is 11.5 Å². The fraction of sp³-hybridized carbons (Fsp3) is 0.174. The monoisotopic (exact) mass is 440 g/mol. The van der Waals surface area contributed by atoms with Crippen molar-refractivity contribution in [1.29, 1.82) is 0 Å². The minimum Gasteiger partial charge on any atom is -0.457 e. The molecule has 0 heterocycles. The number of ether oxygens (including phenoxy) is 2. The Hall–Kier alpha value is -3.20. The van der Waals surface area contributed by atoms with Crippen LogP contribution < -0.4 is 14.8 Å². The molecule has 162 valence electrons. The molecule has 3 aromatic rings. The topological polar surface area (TPSA) is 93.7 Å². The molecule has 0 saturated carbocycles. The zero-order valence-corrected chi connectivity index (χ0v) is 18.1. The van der Waals surface area contributed by atoms with E-state index in [0.29, 0.717) is 22.7 Å². The molecule has 0 spiro atoms. The van der Waals surface area contributed by atoms with E-state index in [0.717, 1.165) is 0 Å². The van der Waals surface area contributed by atoms with Gasteiger partial charge in [-0.2, -0.15) is 0 Å². The molecule has 0 aliphatic rings. The highest BCUT2D eigenvalue weighted by Crippen LogP contribution is 2.22. The molecule has 0 fully saturated rings. The van der Waals surface area contributed by atoms with Gasteiger partial charge in [0, 0.05) is 24.4 Å².